The number of ether oxygens (including phenoxy) is 3. The number of carbonyl (C=O) groups excluding carboxylic acids is 1. The summed E-state index contributed by atoms with van der Waals surface area (Å²) >= 11 is 0. The number of allylic oxidation sites excluding steroid dienone is 1. The summed E-state index contributed by atoms with van der Waals surface area (Å²) in [6.07, 6.45) is 10.6. The van der Waals surface area contributed by atoms with E-state index < -0.39 is 5.60 Å². The van der Waals surface area contributed by atoms with Gasteiger partial charge in [-0.15, -0.1) is 0 Å². The summed E-state index contributed by atoms with van der Waals surface area (Å²) in [6, 6.07) is 2.00. The number of carbonyl (C=O) groups is 1. The summed E-state index contributed by atoms with van der Waals surface area (Å²) < 4.78 is 17.3. The number of quaternary nitrogens is 1. The zero-order valence-electron chi connectivity index (χ0n) is 23.8. The molecule has 0 bridgehead atoms. The summed E-state index contributed by atoms with van der Waals surface area (Å²) in [7, 11) is 3.87. The highest BCUT2D eigenvalue weighted by atomic mass is 16.7. The van der Waals surface area contributed by atoms with Crippen molar-refractivity contribution in [3.63, 3.8) is 0 Å². The van der Waals surface area contributed by atoms with Crippen LogP contribution >= 0.6 is 0 Å². The van der Waals surface area contributed by atoms with Gasteiger partial charge in [0, 0.05) is 12.8 Å². The Morgan fingerprint density at radius 3 is 2.79 bits per heavy atom. The zero-order valence-corrected chi connectivity index (χ0v) is 23.8. The molecule has 2 aliphatic heterocycles. The van der Waals surface area contributed by atoms with Crippen molar-refractivity contribution in [3.05, 3.63) is 28.8 Å². The van der Waals surface area contributed by atoms with Gasteiger partial charge in [-0.25, -0.2) is 0 Å². The SMILES string of the molecule is COc1c2c(cc3c1C(C#CC1(O)CC4C5CCC6=CC(=O)CC[C@]6(C)C5CC[C@]4(C)C1)[NH+](C)CC3)OCO2. The molecule has 4 aliphatic carbocycles. The third-order valence-corrected chi connectivity index (χ3v) is 11.7. The molecule has 1 aromatic rings. The van der Waals surface area contributed by atoms with Crippen molar-refractivity contribution >= 4 is 5.78 Å². The molecular weight excluding hydrogens is 490 g/mol. The maximum atomic E-state index is 12.2. The van der Waals surface area contributed by atoms with Crippen molar-refractivity contribution in [2.24, 2.45) is 28.6 Å². The summed E-state index contributed by atoms with van der Waals surface area (Å²) in [6.45, 7) is 6.00. The first-order valence-corrected chi connectivity index (χ1v) is 14.9. The van der Waals surface area contributed by atoms with E-state index >= 15 is 0 Å². The average Bonchev–Trinajstić information content (AvgIpc) is 3.48. The summed E-state index contributed by atoms with van der Waals surface area (Å²) in [5.41, 5.74) is 2.95. The van der Waals surface area contributed by atoms with Crippen LogP contribution in [0.2, 0.25) is 0 Å². The van der Waals surface area contributed by atoms with E-state index in [-0.39, 0.29) is 23.7 Å². The lowest BCUT2D eigenvalue weighted by atomic mass is 9.47. The summed E-state index contributed by atoms with van der Waals surface area (Å²) in [5, 5.41) is 12.0. The van der Waals surface area contributed by atoms with E-state index in [9.17, 15) is 9.90 Å². The van der Waals surface area contributed by atoms with Gasteiger partial charge in [0.1, 0.15) is 5.60 Å². The molecule has 6 aliphatic rings. The maximum absolute atomic E-state index is 12.2. The monoisotopic (exact) mass is 532 g/mol. The molecule has 3 fully saturated rings. The molecular formula is C33H42NO5+. The number of benzene rings is 1. The number of likely N-dealkylation sites (N-methyl/N-ethyl adjacent to an activating group) is 1. The van der Waals surface area contributed by atoms with Gasteiger partial charge >= 0.3 is 0 Å². The predicted molar refractivity (Wildman–Crippen MR) is 147 cm³/mol. The van der Waals surface area contributed by atoms with Gasteiger partial charge in [-0.05, 0) is 97.2 Å². The van der Waals surface area contributed by atoms with Gasteiger partial charge < -0.3 is 24.2 Å². The molecule has 6 nitrogen and oxygen atoms in total. The highest BCUT2D eigenvalue weighted by molar-refractivity contribution is 5.91. The number of hydrogen-bond acceptors (Lipinski definition) is 5. The highest BCUT2D eigenvalue weighted by Crippen LogP contribution is 2.66. The molecule has 0 aromatic heterocycles. The fraction of sp³-hybridized carbons (Fsp3) is 0.667. The van der Waals surface area contributed by atoms with Crippen molar-refractivity contribution in [2.45, 2.75) is 83.3 Å². The van der Waals surface area contributed by atoms with Gasteiger partial charge in [-0.1, -0.05) is 25.3 Å². The Bertz CT molecular complexity index is 1320. The lowest BCUT2D eigenvalue weighted by Crippen LogP contribution is -3.10. The van der Waals surface area contributed by atoms with Gasteiger partial charge in [0.05, 0.1) is 26.3 Å². The maximum Gasteiger partial charge on any atom is 0.231 e. The standard InChI is InChI=1S/C33H41NO5/c1-31-11-8-24-23(6-5-21-16-22(35)7-12-32(21,24)2)25(31)17-33(36,18-31)13-9-26-28-20(10-14-34(26)3)15-27-29(30(28)37-4)39-19-38-27/h15-16,23-26,36H,5-8,10-12,14,17-19H2,1-4H3/p+1/t23?,24?,25?,26?,31-,32+,33?/m1/s1. The van der Waals surface area contributed by atoms with Crippen LogP contribution in [-0.2, 0) is 11.2 Å². The molecule has 0 spiro atoms. The van der Waals surface area contributed by atoms with E-state index in [1.165, 1.54) is 22.5 Å². The Labute approximate surface area is 232 Å². The molecule has 6 unspecified atom stereocenters. The third kappa shape index (κ3) is 3.79. The molecule has 2 N–H and O–H groups in total. The molecule has 0 radical (unpaired) electrons. The predicted octanol–water partition coefficient (Wildman–Crippen LogP) is 3.80. The molecule has 208 valence electrons. The van der Waals surface area contributed by atoms with Crippen LogP contribution in [-0.4, -0.2) is 44.0 Å². The van der Waals surface area contributed by atoms with Crippen molar-refractivity contribution in [1.82, 2.24) is 0 Å². The minimum atomic E-state index is -0.977. The number of hydrogen-bond donors (Lipinski definition) is 2. The quantitative estimate of drug-likeness (QED) is 0.539. The van der Waals surface area contributed by atoms with Crippen molar-refractivity contribution < 1.29 is 29.0 Å². The molecule has 8 atom stereocenters. The first-order valence-electron chi connectivity index (χ1n) is 14.9. The van der Waals surface area contributed by atoms with Gasteiger partial charge in [0.15, 0.2) is 23.3 Å². The second kappa shape index (κ2) is 8.75. The van der Waals surface area contributed by atoms with Crippen LogP contribution in [0.15, 0.2) is 17.7 Å². The smallest absolute Gasteiger partial charge is 0.231 e. The number of fused-ring (bicyclic) bond motifs is 7. The Morgan fingerprint density at radius 2 is 1.97 bits per heavy atom. The van der Waals surface area contributed by atoms with Crippen LogP contribution in [0.3, 0.4) is 0 Å². The number of aliphatic hydroxyl groups is 1. The second-order valence-electron chi connectivity index (χ2n) is 13.8. The molecule has 0 amide bonds. The van der Waals surface area contributed by atoms with Crippen LogP contribution < -0.4 is 19.1 Å². The average molecular weight is 533 g/mol. The second-order valence-corrected chi connectivity index (χ2v) is 13.8. The first kappa shape index (κ1) is 25.5. The van der Waals surface area contributed by atoms with Gasteiger partial charge in [0.2, 0.25) is 12.5 Å². The largest absolute Gasteiger partial charge is 0.492 e. The Kier molecular flexibility index (Phi) is 5.72. The van der Waals surface area contributed by atoms with Crippen LogP contribution in [0.4, 0.5) is 0 Å². The lowest BCUT2D eigenvalue weighted by Gasteiger charge is -2.57. The number of rotatable bonds is 1. The minimum absolute atomic E-state index is 0.0912. The normalized spacial score (nSPS) is 41.8. The van der Waals surface area contributed by atoms with E-state index in [0.29, 0.717) is 35.7 Å². The zero-order chi connectivity index (χ0) is 27.2. The third-order valence-electron chi connectivity index (χ3n) is 11.7. The van der Waals surface area contributed by atoms with Crippen molar-refractivity contribution in [2.75, 3.05) is 27.5 Å². The van der Waals surface area contributed by atoms with E-state index in [1.807, 2.05) is 6.08 Å². The van der Waals surface area contributed by atoms with E-state index in [0.717, 1.165) is 68.6 Å². The van der Waals surface area contributed by atoms with Gasteiger partial charge in [-0.2, -0.15) is 0 Å². The van der Waals surface area contributed by atoms with E-state index in [1.54, 1.807) is 7.11 Å². The lowest BCUT2D eigenvalue weighted by molar-refractivity contribution is -0.905. The summed E-state index contributed by atoms with van der Waals surface area (Å²) in [5.74, 6) is 11.2. The molecule has 39 heavy (non-hydrogen) atoms. The number of ketones is 1. The Hall–Kier alpha value is -2.49. The van der Waals surface area contributed by atoms with Crippen molar-refractivity contribution in [3.8, 4) is 29.1 Å². The van der Waals surface area contributed by atoms with Crippen molar-refractivity contribution in [1.29, 1.82) is 0 Å². The van der Waals surface area contributed by atoms with Crippen LogP contribution in [0.1, 0.15) is 82.4 Å². The fourth-order valence-corrected chi connectivity index (χ4v) is 9.70. The molecule has 2 heterocycles. The van der Waals surface area contributed by atoms with Crippen LogP contribution in [0, 0.1) is 40.4 Å². The molecule has 7 rings (SSSR count). The first-order chi connectivity index (χ1) is 18.6. The van der Waals surface area contributed by atoms with E-state index in [2.05, 4.69) is 38.8 Å². The van der Waals surface area contributed by atoms with Crippen LogP contribution in [0.25, 0.3) is 0 Å². The molecule has 6 heteroatoms. The number of methoxy groups -OCH3 is 1. The molecule has 0 saturated heterocycles. The molecule has 1 aromatic carbocycles. The van der Waals surface area contributed by atoms with Gasteiger partial charge in [0.25, 0.3) is 0 Å². The van der Waals surface area contributed by atoms with Crippen LogP contribution in [0.5, 0.6) is 17.2 Å². The molecule has 3 saturated carbocycles. The Morgan fingerprint density at radius 1 is 1.13 bits per heavy atom. The number of nitrogens with one attached hydrogen (secondary N) is 1. The minimum Gasteiger partial charge on any atom is -0.492 e. The van der Waals surface area contributed by atoms with E-state index in [4.69, 9.17) is 14.2 Å². The van der Waals surface area contributed by atoms with Gasteiger partial charge in [-0.3, -0.25) is 4.79 Å². The Balaban J connectivity index is 1.19. The highest BCUT2D eigenvalue weighted by Gasteiger charge is 2.60. The fourth-order valence-electron chi connectivity index (χ4n) is 9.70. The summed E-state index contributed by atoms with van der Waals surface area (Å²) in [4.78, 5) is 13.5. The topological polar surface area (TPSA) is 69.4 Å².